The Balaban J connectivity index is 1.89. The molecule has 0 heterocycles. The van der Waals surface area contributed by atoms with Crippen LogP contribution < -0.4 is 10.6 Å². The Morgan fingerprint density at radius 1 is 1.19 bits per heavy atom. The molecule has 2 N–H and O–H groups in total. The van der Waals surface area contributed by atoms with Crippen molar-refractivity contribution >= 4 is 29.7 Å². The molecule has 9 heteroatoms. The number of nitrogens with one attached hydrogen (secondary N) is 2. The van der Waals surface area contributed by atoms with Crippen LogP contribution in [0.2, 0.25) is 0 Å². The lowest BCUT2D eigenvalue weighted by Gasteiger charge is -2.16. The molecule has 0 aromatic heterocycles. The number of alkyl halides is 2. The molecule has 1 aromatic rings. The predicted octanol–water partition coefficient (Wildman–Crippen LogP) is 3.32. The van der Waals surface area contributed by atoms with Gasteiger partial charge in [0.1, 0.15) is 0 Å². The van der Waals surface area contributed by atoms with Crippen molar-refractivity contribution in [3.8, 4) is 0 Å². The molecule has 26 heavy (non-hydrogen) atoms. The summed E-state index contributed by atoms with van der Waals surface area (Å²) in [4.78, 5) is 36.0. The van der Waals surface area contributed by atoms with Crippen molar-refractivity contribution in [1.82, 2.24) is 10.6 Å². The first-order valence-electron chi connectivity index (χ1n) is 8.23. The van der Waals surface area contributed by atoms with Gasteiger partial charge in [0.15, 0.2) is 6.10 Å². The summed E-state index contributed by atoms with van der Waals surface area (Å²) in [5, 5.41) is 4.80. The number of carbonyl (C=O) groups excluding carboxylic acids is 3. The Morgan fingerprint density at radius 3 is 2.50 bits per heavy atom. The SMILES string of the molecule is C[C@H](OC(=O)c1ccccc1SC(F)F)C(=O)NC(=O)NC1CCCC1. The fourth-order valence-corrected chi connectivity index (χ4v) is 3.24. The van der Waals surface area contributed by atoms with Crippen molar-refractivity contribution in [1.29, 1.82) is 0 Å². The van der Waals surface area contributed by atoms with Gasteiger partial charge in [-0.15, -0.1) is 0 Å². The zero-order chi connectivity index (χ0) is 19.1. The predicted molar refractivity (Wildman–Crippen MR) is 92.1 cm³/mol. The van der Waals surface area contributed by atoms with Crippen LogP contribution in [0.25, 0.3) is 0 Å². The van der Waals surface area contributed by atoms with Crippen molar-refractivity contribution in [3.63, 3.8) is 0 Å². The second-order valence-corrected chi connectivity index (χ2v) is 6.90. The molecule has 0 radical (unpaired) electrons. The van der Waals surface area contributed by atoms with E-state index in [-0.39, 0.29) is 28.3 Å². The quantitative estimate of drug-likeness (QED) is 0.579. The first-order valence-corrected chi connectivity index (χ1v) is 9.11. The average molecular weight is 386 g/mol. The van der Waals surface area contributed by atoms with Gasteiger partial charge in [0.05, 0.1) is 5.56 Å². The molecule has 0 aliphatic heterocycles. The fraction of sp³-hybridized carbons (Fsp3) is 0.471. The van der Waals surface area contributed by atoms with E-state index in [1.807, 2.05) is 0 Å². The standard InChI is InChI=1S/C17H20F2N2O4S/c1-10(14(22)21-17(24)20-11-6-2-3-7-11)25-15(23)12-8-4-5-9-13(12)26-16(18)19/h4-5,8-11,16H,2-3,6-7H2,1H3,(H2,20,21,22,24)/t10-/m0/s1. The summed E-state index contributed by atoms with van der Waals surface area (Å²) in [6, 6.07) is 5.13. The van der Waals surface area contributed by atoms with Crippen LogP contribution in [0, 0.1) is 0 Å². The molecule has 0 unspecified atom stereocenters. The maximum Gasteiger partial charge on any atom is 0.340 e. The van der Waals surface area contributed by atoms with Gasteiger partial charge < -0.3 is 10.1 Å². The van der Waals surface area contributed by atoms with Gasteiger partial charge in [0.2, 0.25) is 0 Å². The van der Waals surface area contributed by atoms with Gasteiger partial charge in [-0.25, -0.2) is 9.59 Å². The highest BCUT2D eigenvalue weighted by Gasteiger charge is 2.24. The van der Waals surface area contributed by atoms with Crippen molar-refractivity contribution < 1.29 is 27.9 Å². The Bertz CT molecular complexity index is 666. The van der Waals surface area contributed by atoms with E-state index in [4.69, 9.17) is 4.74 Å². The molecule has 1 aliphatic carbocycles. The number of urea groups is 1. The van der Waals surface area contributed by atoms with E-state index in [0.717, 1.165) is 25.7 Å². The summed E-state index contributed by atoms with van der Waals surface area (Å²) >= 11 is 0.218. The summed E-state index contributed by atoms with van der Waals surface area (Å²) in [7, 11) is 0. The maximum atomic E-state index is 12.6. The zero-order valence-corrected chi connectivity index (χ0v) is 15.0. The third-order valence-electron chi connectivity index (χ3n) is 3.90. The van der Waals surface area contributed by atoms with Crippen LogP contribution in [0.5, 0.6) is 0 Å². The van der Waals surface area contributed by atoms with Crippen LogP contribution in [0.1, 0.15) is 43.0 Å². The lowest BCUT2D eigenvalue weighted by molar-refractivity contribution is -0.127. The number of carbonyl (C=O) groups is 3. The number of ether oxygens (including phenoxy) is 1. The van der Waals surface area contributed by atoms with Gasteiger partial charge in [-0.05, 0) is 31.9 Å². The van der Waals surface area contributed by atoms with Crippen LogP contribution in [-0.4, -0.2) is 35.8 Å². The summed E-state index contributed by atoms with van der Waals surface area (Å²) < 4.78 is 30.1. The molecule has 142 valence electrons. The van der Waals surface area contributed by atoms with E-state index in [2.05, 4.69) is 10.6 Å². The first-order chi connectivity index (χ1) is 12.4. The number of hydrogen-bond donors (Lipinski definition) is 2. The molecule has 0 spiro atoms. The van der Waals surface area contributed by atoms with Gasteiger partial charge in [0, 0.05) is 10.9 Å². The molecule has 1 aromatic carbocycles. The normalized spacial score (nSPS) is 15.5. The molecule has 1 fully saturated rings. The van der Waals surface area contributed by atoms with E-state index in [1.54, 1.807) is 0 Å². The van der Waals surface area contributed by atoms with Crippen molar-refractivity contribution in [2.24, 2.45) is 0 Å². The number of hydrogen-bond acceptors (Lipinski definition) is 5. The van der Waals surface area contributed by atoms with E-state index in [9.17, 15) is 23.2 Å². The largest absolute Gasteiger partial charge is 0.449 e. The molecule has 6 nitrogen and oxygen atoms in total. The molecule has 1 saturated carbocycles. The summed E-state index contributed by atoms with van der Waals surface area (Å²) in [5.41, 5.74) is -0.0622. The third-order valence-corrected chi connectivity index (χ3v) is 4.69. The minimum absolute atomic E-state index is 0.0407. The minimum atomic E-state index is -2.69. The van der Waals surface area contributed by atoms with Crippen molar-refractivity contribution in [3.05, 3.63) is 29.8 Å². The highest BCUT2D eigenvalue weighted by atomic mass is 32.2. The topological polar surface area (TPSA) is 84.5 Å². The van der Waals surface area contributed by atoms with Gasteiger partial charge in [-0.1, -0.05) is 36.7 Å². The molecule has 3 amide bonds. The van der Waals surface area contributed by atoms with Crippen LogP contribution in [-0.2, 0) is 9.53 Å². The number of thioether (sulfide) groups is 1. The molecule has 0 bridgehead atoms. The Morgan fingerprint density at radius 2 is 1.85 bits per heavy atom. The summed E-state index contributed by atoms with van der Waals surface area (Å²) in [6.45, 7) is 1.30. The lowest BCUT2D eigenvalue weighted by Crippen LogP contribution is -2.47. The molecule has 2 rings (SSSR count). The fourth-order valence-electron chi connectivity index (χ4n) is 2.62. The summed E-state index contributed by atoms with van der Waals surface area (Å²) in [6.07, 6.45) is 2.54. The highest BCUT2D eigenvalue weighted by Crippen LogP contribution is 2.29. The lowest BCUT2D eigenvalue weighted by atomic mass is 10.2. The first kappa shape index (κ1) is 20.2. The third kappa shape index (κ3) is 5.98. The molecular formula is C17H20F2N2O4S. The Hall–Kier alpha value is -2.16. The van der Waals surface area contributed by atoms with E-state index < -0.39 is 29.8 Å². The highest BCUT2D eigenvalue weighted by molar-refractivity contribution is 7.99. The van der Waals surface area contributed by atoms with Gasteiger partial charge in [-0.3, -0.25) is 10.1 Å². The minimum Gasteiger partial charge on any atom is -0.449 e. The number of amides is 3. The second-order valence-electron chi connectivity index (χ2n) is 5.87. The number of benzene rings is 1. The van der Waals surface area contributed by atoms with E-state index in [0.29, 0.717) is 0 Å². The average Bonchev–Trinajstić information content (AvgIpc) is 3.07. The Kier molecular flexibility index (Phi) is 7.38. The van der Waals surface area contributed by atoms with Crippen molar-refractivity contribution in [2.45, 2.75) is 55.4 Å². The zero-order valence-electron chi connectivity index (χ0n) is 14.2. The molecule has 1 aliphatic rings. The second kappa shape index (κ2) is 9.51. The van der Waals surface area contributed by atoms with E-state index >= 15 is 0 Å². The number of esters is 1. The smallest absolute Gasteiger partial charge is 0.340 e. The van der Waals surface area contributed by atoms with Crippen LogP contribution in [0.15, 0.2) is 29.2 Å². The number of rotatable bonds is 6. The van der Waals surface area contributed by atoms with Gasteiger partial charge >= 0.3 is 12.0 Å². The van der Waals surface area contributed by atoms with Crippen LogP contribution >= 0.6 is 11.8 Å². The number of halogens is 2. The Labute approximate surface area is 154 Å². The monoisotopic (exact) mass is 386 g/mol. The maximum absolute atomic E-state index is 12.6. The van der Waals surface area contributed by atoms with Gasteiger partial charge in [-0.2, -0.15) is 8.78 Å². The van der Waals surface area contributed by atoms with Crippen LogP contribution in [0.4, 0.5) is 13.6 Å². The van der Waals surface area contributed by atoms with E-state index in [1.165, 1.54) is 31.2 Å². The molecular weight excluding hydrogens is 366 g/mol. The van der Waals surface area contributed by atoms with Crippen molar-refractivity contribution in [2.75, 3.05) is 0 Å². The van der Waals surface area contributed by atoms with Crippen LogP contribution in [0.3, 0.4) is 0 Å². The molecule has 1 atom stereocenters. The van der Waals surface area contributed by atoms with Gasteiger partial charge in [0.25, 0.3) is 11.7 Å². The molecule has 0 saturated heterocycles. The number of imide groups is 1. The summed E-state index contributed by atoms with van der Waals surface area (Å²) in [5.74, 6) is -4.38.